The highest BCUT2D eigenvalue weighted by molar-refractivity contribution is 5.70. The molecule has 104 heavy (non-hydrogen) atoms. The standard InChI is InChI=1S/C22H44O5.2C22H44O4.C22H44O3/c1-3-5-6-7-9-12-15-20(24)21(25)16-13-10-8-11-14-17-22(26)27-18-19(23)4-2;1-3-5-6-7-10-13-16-21(24)17-14-11-8-9-12-15-18-22(25)26-19-20(23)4-2;1-3-5-6-7-8-10-13-16-21(24)17-14-11-9-12-15-18-22(25)26-19-20(23)4-2;1-3-5-6-7-8-9-10-11-12-13-14-15-16-17-18-19-22(24)25-20-21(23)4-2/h19-21,23-25H,3-18H2,1-2H3;2*20-21,23-24H,3-19H2,1-2H3;21,23H,3-20H2,1-2H3. The van der Waals surface area contributed by atoms with Crippen molar-refractivity contribution in [1.29, 1.82) is 0 Å². The van der Waals surface area contributed by atoms with Gasteiger partial charge in [-0.1, -0.05) is 351 Å². The van der Waals surface area contributed by atoms with Crippen LogP contribution in [0.5, 0.6) is 0 Å². The van der Waals surface area contributed by atoms with Crippen LogP contribution in [0.3, 0.4) is 0 Å². The Labute approximate surface area is 641 Å². The quantitative estimate of drug-likeness (QED) is 0.0160. The van der Waals surface area contributed by atoms with Crippen molar-refractivity contribution in [3.05, 3.63) is 0 Å². The van der Waals surface area contributed by atoms with Crippen LogP contribution in [0.15, 0.2) is 0 Å². The SMILES string of the molecule is CCCCCCCCC(O)C(O)CCCCCCCC(=O)OCC(O)CC.CCCCCCCCC(O)CCCCCCCCC(=O)OCC(O)CC.CCCCCCCCCC(O)CCCCCCCC(=O)OCC(O)CC.CCCCCCCCCCCCCCCCCC(=O)OCC(O)CC. The van der Waals surface area contributed by atoms with E-state index in [4.69, 9.17) is 18.9 Å². The van der Waals surface area contributed by atoms with Gasteiger partial charge >= 0.3 is 23.9 Å². The number of carbonyl (C=O) groups excluding carboxylic acids is 4. The Bertz CT molecular complexity index is 1710. The van der Waals surface area contributed by atoms with Gasteiger partial charge in [0.25, 0.3) is 0 Å². The van der Waals surface area contributed by atoms with Gasteiger partial charge in [0.1, 0.15) is 26.4 Å². The molecule has 0 heterocycles. The molecule has 0 aromatic rings. The smallest absolute Gasteiger partial charge is 0.305 e. The van der Waals surface area contributed by atoms with Gasteiger partial charge in [-0.25, -0.2) is 0 Å². The molecule has 8 unspecified atom stereocenters. The van der Waals surface area contributed by atoms with E-state index in [0.717, 1.165) is 154 Å². The number of unbranched alkanes of at least 4 members (excludes halogenated alkanes) is 43. The highest BCUT2D eigenvalue weighted by atomic mass is 16.6. The van der Waals surface area contributed by atoms with Crippen LogP contribution in [0.1, 0.15) is 466 Å². The fraction of sp³-hybridized carbons (Fsp3) is 0.955. The maximum absolute atomic E-state index is 11.5. The second kappa shape index (κ2) is 89.5. The minimum atomic E-state index is -0.611. The molecular weight excluding hydrogens is 1310 g/mol. The van der Waals surface area contributed by atoms with Gasteiger partial charge in [0.2, 0.25) is 0 Å². The molecule has 0 aliphatic heterocycles. The summed E-state index contributed by atoms with van der Waals surface area (Å²) in [5.74, 6) is -0.809. The number of aliphatic hydroxyl groups is 8. The van der Waals surface area contributed by atoms with E-state index in [-0.39, 0.29) is 62.5 Å². The van der Waals surface area contributed by atoms with Gasteiger partial charge in [-0.2, -0.15) is 0 Å². The van der Waals surface area contributed by atoms with E-state index in [2.05, 4.69) is 27.7 Å². The molecule has 8 N–H and O–H groups in total. The Balaban J connectivity index is -0.000000641. The van der Waals surface area contributed by atoms with Crippen molar-refractivity contribution in [3.63, 3.8) is 0 Å². The molecule has 0 radical (unpaired) electrons. The molecule has 0 spiro atoms. The molecule has 0 aromatic carbocycles. The lowest BCUT2D eigenvalue weighted by Crippen LogP contribution is -2.25. The van der Waals surface area contributed by atoms with Crippen molar-refractivity contribution < 1.29 is 79.0 Å². The Kier molecular flexibility index (Phi) is 92.8. The average Bonchev–Trinajstić information content (AvgIpc) is 1.23. The van der Waals surface area contributed by atoms with E-state index in [9.17, 15) is 60.0 Å². The largest absolute Gasteiger partial charge is 0.463 e. The second-order valence-electron chi connectivity index (χ2n) is 30.4. The van der Waals surface area contributed by atoms with Gasteiger partial charge in [0.05, 0.1) is 48.8 Å². The molecule has 0 aromatic heterocycles. The van der Waals surface area contributed by atoms with Crippen LogP contribution in [0.2, 0.25) is 0 Å². The van der Waals surface area contributed by atoms with Crippen molar-refractivity contribution in [2.45, 2.75) is 515 Å². The molecule has 0 rings (SSSR count). The zero-order valence-electron chi connectivity index (χ0n) is 69.5. The van der Waals surface area contributed by atoms with Gasteiger partial charge in [-0.3, -0.25) is 19.2 Å². The summed E-state index contributed by atoms with van der Waals surface area (Å²) in [5, 5.41) is 77.4. The minimum absolute atomic E-state index is 0.0916. The van der Waals surface area contributed by atoms with Gasteiger partial charge in [-0.05, 0) is 89.9 Å². The third-order valence-electron chi connectivity index (χ3n) is 19.9. The van der Waals surface area contributed by atoms with Gasteiger partial charge in [0.15, 0.2) is 0 Å². The van der Waals surface area contributed by atoms with Crippen LogP contribution in [0.25, 0.3) is 0 Å². The fourth-order valence-electron chi connectivity index (χ4n) is 12.2. The van der Waals surface area contributed by atoms with Crippen LogP contribution >= 0.6 is 0 Å². The molecule has 8 atom stereocenters. The molecule has 0 bridgehead atoms. The third-order valence-corrected chi connectivity index (χ3v) is 19.9. The van der Waals surface area contributed by atoms with Gasteiger partial charge < -0.3 is 59.8 Å². The van der Waals surface area contributed by atoms with E-state index in [0.29, 0.717) is 64.2 Å². The van der Waals surface area contributed by atoms with Crippen LogP contribution in [0.4, 0.5) is 0 Å². The van der Waals surface area contributed by atoms with Gasteiger partial charge in [-0.15, -0.1) is 0 Å². The van der Waals surface area contributed by atoms with E-state index in [1.807, 2.05) is 27.7 Å². The molecule has 0 aliphatic rings. The highest BCUT2D eigenvalue weighted by Crippen LogP contribution is 2.20. The lowest BCUT2D eigenvalue weighted by molar-refractivity contribution is -0.147. The lowest BCUT2D eigenvalue weighted by Gasteiger charge is -2.17. The number of esters is 4. The number of carbonyl (C=O) groups is 4. The van der Waals surface area contributed by atoms with Gasteiger partial charge in [0, 0.05) is 25.7 Å². The first-order valence-corrected chi connectivity index (χ1v) is 44.5. The first-order chi connectivity index (χ1) is 50.4. The number of ether oxygens (including phenoxy) is 4. The maximum Gasteiger partial charge on any atom is 0.305 e. The first-order valence-electron chi connectivity index (χ1n) is 44.5. The van der Waals surface area contributed by atoms with Crippen molar-refractivity contribution >= 4 is 23.9 Å². The molecule has 624 valence electrons. The lowest BCUT2D eigenvalue weighted by atomic mass is 9.99. The summed E-state index contributed by atoms with van der Waals surface area (Å²) in [5.41, 5.74) is 0. The van der Waals surface area contributed by atoms with E-state index < -0.39 is 36.6 Å². The summed E-state index contributed by atoms with van der Waals surface area (Å²) in [4.78, 5) is 45.9. The van der Waals surface area contributed by atoms with E-state index in [1.54, 1.807) is 0 Å². The van der Waals surface area contributed by atoms with Crippen molar-refractivity contribution in [2.75, 3.05) is 26.4 Å². The molecule has 0 saturated carbocycles. The molecule has 16 heteroatoms. The Morgan fingerprint density at radius 2 is 0.337 bits per heavy atom. The normalized spacial score (nSPS) is 13.5. The van der Waals surface area contributed by atoms with E-state index >= 15 is 0 Å². The molecule has 0 saturated heterocycles. The zero-order chi connectivity index (χ0) is 77.8. The van der Waals surface area contributed by atoms with Crippen LogP contribution in [0, 0.1) is 0 Å². The van der Waals surface area contributed by atoms with Crippen LogP contribution in [-0.4, -0.2) is 140 Å². The zero-order valence-corrected chi connectivity index (χ0v) is 69.5. The Morgan fingerprint density at radius 1 is 0.192 bits per heavy atom. The molecule has 0 aliphatic carbocycles. The predicted octanol–water partition coefficient (Wildman–Crippen LogP) is 22.1. The Morgan fingerprint density at radius 3 is 0.500 bits per heavy atom. The highest BCUT2D eigenvalue weighted by Gasteiger charge is 2.16. The van der Waals surface area contributed by atoms with Crippen molar-refractivity contribution in [2.24, 2.45) is 0 Å². The fourth-order valence-corrected chi connectivity index (χ4v) is 12.2. The van der Waals surface area contributed by atoms with E-state index in [1.165, 1.54) is 193 Å². The number of hydrogen-bond acceptors (Lipinski definition) is 16. The monoisotopic (exact) mass is 1490 g/mol. The van der Waals surface area contributed by atoms with Crippen molar-refractivity contribution in [3.8, 4) is 0 Å². The summed E-state index contributed by atoms with van der Waals surface area (Å²) in [7, 11) is 0. The number of aliphatic hydroxyl groups excluding tert-OH is 8. The summed E-state index contributed by atoms with van der Waals surface area (Å²) in [6, 6.07) is 0. The summed E-state index contributed by atoms with van der Waals surface area (Å²) >= 11 is 0. The summed E-state index contributed by atoms with van der Waals surface area (Å²) in [6.07, 6.45) is 66.0. The third kappa shape index (κ3) is 91.9. The topological polar surface area (TPSA) is 267 Å². The Hall–Kier alpha value is -2.44. The average molecular weight is 1490 g/mol. The molecule has 0 amide bonds. The number of hydrogen-bond donors (Lipinski definition) is 8. The summed E-state index contributed by atoms with van der Waals surface area (Å²) in [6.45, 7) is 16.9. The van der Waals surface area contributed by atoms with Crippen molar-refractivity contribution in [1.82, 2.24) is 0 Å². The minimum Gasteiger partial charge on any atom is -0.463 e. The summed E-state index contributed by atoms with van der Waals surface area (Å²) < 4.78 is 20.0. The first kappa shape index (κ1) is 108. The molecule has 0 fully saturated rings. The molecule has 16 nitrogen and oxygen atoms in total. The van der Waals surface area contributed by atoms with Crippen LogP contribution in [-0.2, 0) is 38.1 Å². The molecular formula is C88H176O16. The predicted molar refractivity (Wildman–Crippen MR) is 433 cm³/mol. The number of rotatable bonds is 76. The maximum atomic E-state index is 11.5. The van der Waals surface area contributed by atoms with Crippen LogP contribution < -0.4 is 0 Å². The second-order valence-corrected chi connectivity index (χ2v) is 30.4.